The molecule has 112 valence electrons. The average molecular weight is 287 g/mol. The highest BCUT2D eigenvalue weighted by molar-refractivity contribution is 5.37. The van der Waals surface area contributed by atoms with Gasteiger partial charge in [0.2, 0.25) is 0 Å². The first-order valence-electron chi connectivity index (χ1n) is 6.54. The van der Waals surface area contributed by atoms with Gasteiger partial charge in [-0.3, -0.25) is 4.90 Å². The summed E-state index contributed by atoms with van der Waals surface area (Å²) in [6.45, 7) is 0.903. The first-order chi connectivity index (χ1) is 9.63. The van der Waals surface area contributed by atoms with E-state index in [9.17, 15) is 13.9 Å². The number of hydrogen-bond donors (Lipinski definition) is 1. The minimum atomic E-state index is -2.55. The Bertz CT molecular complexity index is 431. The van der Waals surface area contributed by atoms with E-state index in [1.54, 1.807) is 29.2 Å². The Balaban J connectivity index is 2.23. The molecule has 0 saturated heterocycles. The Labute approximate surface area is 116 Å². The fraction of sp³-hybridized carbons (Fsp3) is 0.571. The van der Waals surface area contributed by atoms with Crippen molar-refractivity contribution in [1.82, 2.24) is 4.90 Å². The minimum Gasteiger partial charge on any atom is -0.492 e. The summed E-state index contributed by atoms with van der Waals surface area (Å²) in [7, 11) is 1.47. The predicted octanol–water partition coefficient (Wildman–Crippen LogP) is 1.69. The number of rotatable bonds is 5. The first-order valence-corrected chi connectivity index (χ1v) is 6.54. The van der Waals surface area contributed by atoms with Crippen LogP contribution in [-0.4, -0.2) is 55.9 Å². The Morgan fingerprint density at radius 3 is 2.90 bits per heavy atom. The van der Waals surface area contributed by atoms with Crippen molar-refractivity contribution < 1.29 is 23.4 Å². The summed E-state index contributed by atoms with van der Waals surface area (Å²) in [5.41, 5.74) is 0.463. The van der Waals surface area contributed by atoms with E-state index in [1.807, 2.05) is 0 Å². The number of hydrogen-bond acceptors (Lipinski definition) is 4. The van der Waals surface area contributed by atoms with Gasteiger partial charge in [0, 0.05) is 25.8 Å². The van der Waals surface area contributed by atoms with Crippen LogP contribution in [0, 0.1) is 0 Å². The van der Waals surface area contributed by atoms with Crippen molar-refractivity contribution >= 4 is 0 Å². The van der Waals surface area contributed by atoms with Gasteiger partial charge in [0.15, 0.2) is 0 Å². The lowest BCUT2D eigenvalue weighted by atomic mass is 10.0. The molecule has 20 heavy (non-hydrogen) atoms. The third kappa shape index (κ3) is 3.45. The molecule has 1 aromatic rings. The van der Waals surface area contributed by atoms with Crippen LogP contribution in [0.2, 0.25) is 0 Å². The lowest BCUT2D eigenvalue weighted by Crippen LogP contribution is -2.41. The third-order valence-electron chi connectivity index (χ3n) is 3.31. The van der Waals surface area contributed by atoms with Gasteiger partial charge in [-0.1, -0.05) is 18.2 Å². The number of fused-ring (bicyclic) bond motifs is 1. The van der Waals surface area contributed by atoms with Crippen LogP contribution in [0.15, 0.2) is 24.3 Å². The van der Waals surface area contributed by atoms with Crippen molar-refractivity contribution in [1.29, 1.82) is 0 Å². The fourth-order valence-corrected chi connectivity index (χ4v) is 2.48. The van der Waals surface area contributed by atoms with E-state index in [4.69, 9.17) is 9.47 Å². The lowest BCUT2D eigenvalue weighted by molar-refractivity contribution is -0.0161. The zero-order valence-corrected chi connectivity index (χ0v) is 11.3. The van der Waals surface area contributed by atoms with E-state index < -0.39 is 18.6 Å². The van der Waals surface area contributed by atoms with Crippen molar-refractivity contribution in [2.24, 2.45) is 0 Å². The highest BCUT2D eigenvalue weighted by Crippen LogP contribution is 2.35. The van der Waals surface area contributed by atoms with E-state index >= 15 is 0 Å². The molecule has 0 fully saturated rings. The standard InChI is InChI=1S/C14H19F2NO3/c1-19-9-10(18)8-17-6-7-20-12-5-3-2-4-11(12)13(17)14(15)16/h2-5,10,13-14,18H,6-9H2,1H3/t10-,13?/m0/s1. The van der Waals surface area contributed by atoms with Crippen LogP contribution in [0.25, 0.3) is 0 Å². The molecule has 4 nitrogen and oxygen atoms in total. The molecule has 1 aliphatic rings. The van der Waals surface area contributed by atoms with Crippen molar-refractivity contribution in [2.75, 3.05) is 33.4 Å². The molecule has 1 N–H and O–H groups in total. The summed E-state index contributed by atoms with van der Waals surface area (Å²) in [6, 6.07) is 5.75. The number of halogens is 2. The molecule has 0 radical (unpaired) electrons. The number of alkyl halides is 2. The smallest absolute Gasteiger partial charge is 0.258 e. The molecule has 1 aromatic carbocycles. The average Bonchev–Trinajstić information content (AvgIpc) is 2.57. The van der Waals surface area contributed by atoms with Gasteiger partial charge in [-0.15, -0.1) is 0 Å². The molecule has 1 aliphatic heterocycles. The second-order valence-electron chi connectivity index (χ2n) is 4.77. The molecule has 2 atom stereocenters. The van der Waals surface area contributed by atoms with E-state index in [2.05, 4.69) is 0 Å². The molecule has 0 saturated carbocycles. The van der Waals surface area contributed by atoms with E-state index in [0.717, 1.165) is 0 Å². The van der Waals surface area contributed by atoms with E-state index in [1.165, 1.54) is 7.11 Å². The SMILES string of the molecule is COC[C@@H](O)CN1CCOc2ccccc2C1C(F)F. The number of para-hydroxylation sites is 1. The number of methoxy groups -OCH3 is 1. The maximum absolute atomic E-state index is 13.5. The van der Waals surface area contributed by atoms with Crippen LogP contribution in [0.1, 0.15) is 11.6 Å². The van der Waals surface area contributed by atoms with Gasteiger partial charge in [0.05, 0.1) is 12.7 Å². The molecule has 2 rings (SSSR count). The summed E-state index contributed by atoms with van der Waals surface area (Å²) in [5, 5.41) is 9.79. The number of aliphatic hydroxyl groups excluding tert-OH is 1. The summed E-state index contributed by atoms with van der Waals surface area (Å²) in [4.78, 5) is 1.56. The van der Waals surface area contributed by atoms with Gasteiger partial charge in [0.25, 0.3) is 6.43 Å². The van der Waals surface area contributed by atoms with Gasteiger partial charge < -0.3 is 14.6 Å². The number of β-amino-alcohol motifs (C(OH)–C–C–N with tert-alkyl or cyclic N) is 1. The third-order valence-corrected chi connectivity index (χ3v) is 3.31. The number of nitrogens with zero attached hydrogens (tertiary/aromatic N) is 1. The maximum Gasteiger partial charge on any atom is 0.258 e. The summed E-state index contributed by atoms with van der Waals surface area (Å²) in [6.07, 6.45) is -3.35. The number of benzene rings is 1. The van der Waals surface area contributed by atoms with Crippen LogP contribution >= 0.6 is 0 Å². The number of aliphatic hydroxyl groups is 1. The van der Waals surface area contributed by atoms with Crippen LogP contribution < -0.4 is 4.74 Å². The van der Waals surface area contributed by atoms with Crippen LogP contribution in [0.4, 0.5) is 8.78 Å². The highest BCUT2D eigenvalue weighted by atomic mass is 19.3. The molecule has 1 heterocycles. The predicted molar refractivity (Wildman–Crippen MR) is 70.1 cm³/mol. The molecule has 0 amide bonds. The van der Waals surface area contributed by atoms with E-state index in [-0.39, 0.29) is 13.2 Å². The van der Waals surface area contributed by atoms with Crippen molar-refractivity contribution in [3.63, 3.8) is 0 Å². The Morgan fingerprint density at radius 1 is 1.45 bits per heavy atom. The van der Waals surface area contributed by atoms with Gasteiger partial charge in [-0.25, -0.2) is 8.78 Å². The molecule has 0 bridgehead atoms. The number of ether oxygens (including phenoxy) is 2. The monoisotopic (exact) mass is 287 g/mol. The topological polar surface area (TPSA) is 41.9 Å². The molecule has 6 heteroatoms. The molecule has 0 spiro atoms. The van der Waals surface area contributed by atoms with Crippen LogP contribution in [0.3, 0.4) is 0 Å². The zero-order chi connectivity index (χ0) is 14.5. The Kier molecular flexibility index (Phi) is 5.28. The van der Waals surface area contributed by atoms with Gasteiger partial charge in [-0.2, -0.15) is 0 Å². The second-order valence-corrected chi connectivity index (χ2v) is 4.77. The molecular weight excluding hydrogens is 268 g/mol. The van der Waals surface area contributed by atoms with Crippen molar-refractivity contribution in [3.05, 3.63) is 29.8 Å². The molecular formula is C14H19F2NO3. The Morgan fingerprint density at radius 2 is 2.20 bits per heavy atom. The first kappa shape index (κ1) is 15.2. The normalized spacial score (nSPS) is 21.1. The summed E-state index contributed by atoms with van der Waals surface area (Å²) < 4.78 is 37.3. The second kappa shape index (κ2) is 6.97. The Hall–Kier alpha value is -1.24. The van der Waals surface area contributed by atoms with Crippen LogP contribution in [0.5, 0.6) is 5.75 Å². The largest absolute Gasteiger partial charge is 0.492 e. The molecule has 0 aromatic heterocycles. The lowest BCUT2D eigenvalue weighted by Gasteiger charge is -2.30. The zero-order valence-electron chi connectivity index (χ0n) is 11.3. The van der Waals surface area contributed by atoms with Crippen molar-refractivity contribution in [3.8, 4) is 5.75 Å². The van der Waals surface area contributed by atoms with Gasteiger partial charge in [0.1, 0.15) is 18.4 Å². The minimum absolute atomic E-state index is 0.120. The van der Waals surface area contributed by atoms with Crippen LogP contribution in [-0.2, 0) is 4.74 Å². The van der Waals surface area contributed by atoms with E-state index in [0.29, 0.717) is 24.5 Å². The highest BCUT2D eigenvalue weighted by Gasteiger charge is 2.34. The quantitative estimate of drug-likeness (QED) is 0.895. The summed E-state index contributed by atoms with van der Waals surface area (Å²) in [5.74, 6) is 0.488. The van der Waals surface area contributed by atoms with Gasteiger partial charge >= 0.3 is 0 Å². The van der Waals surface area contributed by atoms with Gasteiger partial charge in [-0.05, 0) is 6.07 Å². The molecule has 1 unspecified atom stereocenters. The summed E-state index contributed by atoms with van der Waals surface area (Å²) >= 11 is 0. The fourth-order valence-electron chi connectivity index (χ4n) is 2.48. The maximum atomic E-state index is 13.5. The molecule has 0 aliphatic carbocycles. The van der Waals surface area contributed by atoms with Crippen molar-refractivity contribution in [2.45, 2.75) is 18.6 Å².